The highest BCUT2D eigenvalue weighted by molar-refractivity contribution is 7.99. The van der Waals surface area contributed by atoms with E-state index in [1.54, 1.807) is 18.9 Å². The van der Waals surface area contributed by atoms with Gasteiger partial charge in [0.2, 0.25) is 6.20 Å². The van der Waals surface area contributed by atoms with Crippen molar-refractivity contribution in [1.29, 1.82) is 0 Å². The molecule has 0 fully saturated rings. The Morgan fingerprint density at radius 3 is 2.75 bits per heavy atom. The van der Waals surface area contributed by atoms with Gasteiger partial charge in [-0.15, -0.1) is 0 Å². The smallest absolute Gasteiger partial charge is 0.235 e. The molecule has 102 valence electrons. The van der Waals surface area contributed by atoms with E-state index in [2.05, 4.69) is 0 Å². The van der Waals surface area contributed by atoms with E-state index in [0.29, 0.717) is 0 Å². The largest absolute Gasteiger partial charge is 0.497 e. The first-order valence-electron chi connectivity index (χ1n) is 5.91. The molecule has 0 N–H and O–H groups in total. The number of ether oxygens (including phenoxy) is 1. The lowest BCUT2D eigenvalue weighted by atomic mass is 10.2. The van der Waals surface area contributed by atoms with E-state index in [1.807, 2.05) is 48.5 Å². The van der Waals surface area contributed by atoms with E-state index >= 15 is 0 Å². The van der Waals surface area contributed by atoms with Crippen LogP contribution in [0.2, 0.25) is 0 Å². The number of nitrogens with zero attached hydrogens (tertiary/aromatic N) is 1. The molecule has 0 radical (unpaired) electrons. The van der Waals surface area contributed by atoms with Crippen LogP contribution in [0.5, 0.6) is 5.75 Å². The molecule has 0 heterocycles. The molecule has 0 unspecified atom stereocenters. The summed E-state index contributed by atoms with van der Waals surface area (Å²) in [6, 6.07) is 15.2. The third-order valence-electron chi connectivity index (χ3n) is 2.56. The molecule has 20 heavy (non-hydrogen) atoms. The van der Waals surface area contributed by atoms with Gasteiger partial charge >= 0.3 is 0 Å². The molecular formula is C15H13NO3S. The molecule has 0 aliphatic rings. The van der Waals surface area contributed by atoms with Gasteiger partial charge in [0, 0.05) is 15.9 Å². The Morgan fingerprint density at radius 2 is 2.00 bits per heavy atom. The summed E-state index contributed by atoms with van der Waals surface area (Å²) < 4.78 is 5.19. The minimum atomic E-state index is -0.465. The molecule has 0 spiro atoms. The Balaban J connectivity index is 2.26. The Kier molecular flexibility index (Phi) is 4.79. The Hall–Kier alpha value is -2.27. The van der Waals surface area contributed by atoms with Gasteiger partial charge < -0.3 is 4.74 Å². The second kappa shape index (κ2) is 6.77. The van der Waals surface area contributed by atoms with Crippen LogP contribution >= 0.6 is 11.8 Å². The van der Waals surface area contributed by atoms with Crippen molar-refractivity contribution >= 4 is 17.8 Å². The van der Waals surface area contributed by atoms with Crippen molar-refractivity contribution in [3.05, 3.63) is 70.4 Å². The fourth-order valence-corrected chi connectivity index (χ4v) is 2.62. The zero-order chi connectivity index (χ0) is 14.4. The molecule has 0 aliphatic heterocycles. The third-order valence-corrected chi connectivity index (χ3v) is 3.65. The minimum Gasteiger partial charge on any atom is -0.497 e. The van der Waals surface area contributed by atoms with Crippen LogP contribution in [0, 0.1) is 10.1 Å². The predicted molar refractivity (Wildman–Crippen MR) is 79.6 cm³/mol. The van der Waals surface area contributed by atoms with Gasteiger partial charge in [-0.05, 0) is 29.8 Å². The number of hydrogen-bond donors (Lipinski definition) is 0. The molecule has 4 nitrogen and oxygen atoms in total. The normalized spacial score (nSPS) is 10.7. The van der Waals surface area contributed by atoms with Gasteiger partial charge in [-0.3, -0.25) is 10.1 Å². The summed E-state index contributed by atoms with van der Waals surface area (Å²) in [6.45, 7) is 0. The van der Waals surface area contributed by atoms with E-state index < -0.39 is 4.92 Å². The fraction of sp³-hybridized carbons (Fsp3) is 0.0667. The maximum atomic E-state index is 10.4. The van der Waals surface area contributed by atoms with Crippen molar-refractivity contribution in [1.82, 2.24) is 0 Å². The molecule has 0 aliphatic carbocycles. The summed E-state index contributed by atoms with van der Waals surface area (Å²) in [6.07, 6.45) is 2.45. The molecule has 0 saturated carbocycles. The van der Waals surface area contributed by atoms with Crippen LogP contribution in [0.25, 0.3) is 6.08 Å². The van der Waals surface area contributed by atoms with Crippen molar-refractivity contribution in [2.24, 2.45) is 0 Å². The molecule has 0 saturated heterocycles. The molecule has 0 bridgehead atoms. The van der Waals surface area contributed by atoms with Crippen LogP contribution in [0.3, 0.4) is 0 Å². The molecule has 0 aromatic heterocycles. The number of rotatable bonds is 5. The Morgan fingerprint density at radius 1 is 1.20 bits per heavy atom. The van der Waals surface area contributed by atoms with E-state index in [1.165, 1.54) is 6.08 Å². The summed E-state index contributed by atoms with van der Waals surface area (Å²) >= 11 is 1.54. The average Bonchev–Trinajstić information content (AvgIpc) is 2.46. The van der Waals surface area contributed by atoms with Gasteiger partial charge in [-0.25, -0.2) is 0 Å². The van der Waals surface area contributed by atoms with Gasteiger partial charge in [0.05, 0.1) is 12.0 Å². The van der Waals surface area contributed by atoms with Gasteiger partial charge in [0.15, 0.2) is 0 Å². The summed E-state index contributed by atoms with van der Waals surface area (Å²) in [7, 11) is 1.62. The highest BCUT2D eigenvalue weighted by atomic mass is 32.2. The van der Waals surface area contributed by atoms with Crippen LogP contribution < -0.4 is 4.74 Å². The SMILES string of the molecule is COc1cccc(Sc2ccccc2C=C[N+](=O)[O-])c1. The zero-order valence-corrected chi connectivity index (χ0v) is 11.7. The van der Waals surface area contributed by atoms with Crippen molar-refractivity contribution in [3.63, 3.8) is 0 Å². The number of methoxy groups -OCH3 is 1. The lowest BCUT2D eigenvalue weighted by molar-refractivity contribution is -0.400. The fourth-order valence-electron chi connectivity index (χ4n) is 1.64. The maximum Gasteiger partial charge on any atom is 0.235 e. The first-order chi connectivity index (χ1) is 9.69. The Labute approximate surface area is 121 Å². The van der Waals surface area contributed by atoms with Gasteiger partial charge in [0.25, 0.3) is 0 Å². The second-order valence-electron chi connectivity index (χ2n) is 3.92. The third kappa shape index (κ3) is 3.86. The molecule has 2 rings (SSSR count). The molecule has 2 aromatic carbocycles. The standard InChI is InChI=1S/C15H13NO3S/c1-19-13-6-4-7-14(11-13)20-15-8-3-2-5-12(15)9-10-16(17)18/h2-11H,1H3. The molecular weight excluding hydrogens is 274 g/mol. The summed E-state index contributed by atoms with van der Waals surface area (Å²) in [5.41, 5.74) is 0.817. The van der Waals surface area contributed by atoms with Crippen molar-refractivity contribution in [2.45, 2.75) is 9.79 Å². The zero-order valence-electron chi connectivity index (χ0n) is 10.9. The van der Waals surface area contributed by atoms with Crippen molar-refractivity contribution in [3.8, 4) is 5.75 Å². The van der Waals surface area contributed by atoms with Crippen LogP contribution in [0.1, 0.15) is 5.56 Å². The topological polar surface area (TPSA) is 52.4 Å². The highest BCUT2D eigenvalue weighted by Crippen LogP contribution is 2.32. The lowest BCUT2D eigenvalue weighted by Gasteiger charge is -2.06. The second-order valence-corrected chi connectivity index (χ2v) is 5.04. The van der Waals surface area contributed by atoms with E-state index in [-0.39, 0.29) is 0 Å². The summed E-state index contributed by atoms with van der Waals surface area (Å²) in [5, 5.41) is 10.4. The molecule has 0 atom stereocenters. The van der Waals surface area contributed by atoms with E-state index in [4.69, 9.17) is 4.74 Å². The van der Waals surface area contributed by atoms with E-state index in [0.717, 1.165) is 27.3 Å². The summed E-state index contributed by atoms with van der Waals surface area (Å²) in [4.78, 5) is 11.9. The minimum absolute atomic E-state index is 0.465. The van der Waals surface area contributed by atoms with Gasteiger partial charge in [-0.1, -0.05) is 36.0 Å². The van der Waals surface area contributed by atoms with Crippen LogP contribution in [-0.4, -0.2) is 12.0 Å². The van der Waals surface area contributed by atoms with Crippen molar-refractivity contribution in [2.75, 3.05) is 7.11 Å². The Bertz CT molecular complexity index is 641. The lowest BCUT2D eigenvalue weighted by Crippen LogP contribution is -1.85. The van der Waals surface area contributed by atoms with Gasteiger partial charge in [-0.2, -0.15) is 0 Å². The molecule has 0 amide bonds. The van der Waals surface area contributed by atoms with Crippen LogP contribution in [0.4, 0.5) is 0 Å². The highest BCUT2D eigenvalue weighted by Gasteiger charge is 2.04. The van der Waals surface area contributed by atoms with E-state index in [9.17, 15) is 10.1 Å². The average molecular weight is 287 g/mol. The monoisotopic (exact) mass is 287 g/mol. The predicted octanol–water partition coefficient (Wildman–Crippen LogP) is 4.09. The van der Waals surface area contributed by atoms with Crippen LogP contribution in [-0.2, 0) is 0 Å². The number of hydrogen-bond acceptors (Lipinski definition) is 4. The van der Waals surface area contributed by atoms with Gasteiger partial charge in [0.1, 0.15) is 5.75 Å². The number of nitro groups is 1. The summed E-state index contributed by atoms with van der Waals surface area (Å²) in [5.74, 6) is 0.785. The maximum absolute atomic E-state index is 10.4. The molecule has 5 heteroatoms. The van der Waals surface area contributed by atoms with Crippen molar-refractivity contribution < 1.29 is 9.66 Å². The van der Waals surface area contributed by atoms with Crippen LogP contribution in [0.15, 0.2) is 64.5 Å². The number of benzene rings is 2. The molecule has 2 aromatic rings. The first-order valence-corrected chi connectivity index (χ1v) is 6.73. The first kappa shape index (κ1) is 14.1. The quantitative estimate of drug-likeness (QED) is 0.614.